The summed E-state index contributed by atoms with van der Waals surface area (Å²) in [7, 11) is -3.73. The van der Waals surface area contributed by atoms with Crippen molar-refractivity contribution in [2.45, 2.75) is 24.3 Å². The van der Waals surface area contributed by atoms with Crippen molar-refractivity contribution in [1.29, 1.82) is 0 Å². The van der Waals surface area contributed by atoms with Crippen molar-refractivity contribution in [3.05, 3.63) is 83.2 Å². The molecule has 1 N–H and O–H groups in total. The monoisotopic (exact) mass is 543 g/mol. The molecular weight excluding hydrogens is 518 g/mol. The molecule has 0 spiro atoms. The van der Waals surface area contributed by atoms with Gasteiger partial charge < -0.3 is 14.4 Å². The zero-order chi connectivity index (χ0) is 27.3. The topological polar surface area (TPSA) is 131 Å². The van der Waals surface area contributed by atoms with Gasteiger partial charge in [-0.25, -0.2) is 13.4 Å². The van der Waals surface area contributed by atoms with Crippen molar-refractivity contribution in [3.63, 3.8) is 0 Å². The lowest BCUT2D eigenvalue weighted by atomic mass is 10.0. The number of hydrogen-bond acceptors (Lipinski definition) is 9. The predicted molar refractivity (Wildman–Crippen MR) is 147 cm³/mol. The molecule has 198 valence electrons. The van der Waals surface area contributed by atoms with Crippen molar-refractivity contribution in [3.8, 4) is 28.3 Å². The van der Waals surface area contributed by atoms with Gasteiger partial charge >= 0.3 is 0 Å². The molecule has 5 aromatic rings. The number of aromatic nitrogens is 4. The highest BCUT2D eigenvalue weighted by Crippen LogP contribution is 2.32. The number of sulfone groups is 1. The summed E-state index contributed by atoms with van der Waals surface area (Å²) in [6, 6.07) is 14.1. The number of aliphatic hydroxyl groups excluding tert-OH is 1. The average molecular weight is 544 g/mol. The minimum absolute atomic E-state index is 0.0339. The van der Waals surface area contributed by atoms with Crippen LogP contribution in [0, 0.1) is 6.92 Å². The van der Waals surface area contributed by atoms with E-state index in [-0.39, 0.29) is 16.1 Å². The van der Waals surface area contributed by atoms with E-state index in [1.165, 1.54) is 18.7 Å². The Morgan fingerprint density at radius 3 is 2.64 bits per heavy atom. The summed E-state index contributed by atoms with van der Waals surface area (Å²) in [4.78, 5) is 24.0. The Labute approximate surface area is 224 Å². The summed E-state index contributed by atoms with van der Waals surface area (Å²) in [5.74, 6) is 0.579. The molecule has 0 amide bonds. The van der Waals surface area contributed by atoms with Gasteiger partial charge in [-0.05, 0) is 67.4 Å². The fourth-order valence-corrected chi connectivity index (χ4v) is 5.86. The Morgan fingerprint density at radius 1 is 1.10 bits per heavy atom. The summed E-state index contributed by atoms with van der Waals surface area (Å²) >= 11 is 0. The number of benzene rings is 2. The second kappa shape index (κ2) is 9.44. The van der Waals surface area contributed by atoms with E-state index in [4.69, 9.17) is 9.52 Å². The van der Waals surface area contributed by atoms with Crippen molar-refractivity contribution in [1.82, 2.24) is 19.7 Å². The van der Waals surface area contributed by atoms with E-state index in [1.54, 1.807) is 30.5 Å². The van der Waals surface area contributed by atoms with Crippen LogP contribution in [0.2, 0.25) is 0 Å². The number of aliphatic hydroxyl groups is 1. The first-order chi connectivity index (χ1) is 18.7. The van der Waals surface area contributed by atoms with Crippen LogP contribution in [0.25, 0.3) is 39.2 Å². The second-order valence-electron chi connectivity index (χ2n) is 9.73. The lowest BCUT2D eigenvalue weighted by Crippen LogP contribution is -2.26. The first-order valence-corrected chi connectivity index (χ1v) is 14.2. The van der Waals surface area contributed by atoms with Gasteiger partial charge in [-0.1, -0.05) is 0 Å². The molecule has 11 heteroatoms. The minimum Gasteiger partial charge on any atom is -0.444 e. The number of β-amino-alcohol motifs (C(OH)–C–C–N with tert-alkyl or cyclic N) is 1. The van der Waals surface area contributed by atoms with Crippen molar-refractivity contribution < 1.29 is 17.9 Å². The smallest absolute Gasteiger partial charge is 0.298 e. The number of aryl methyl sites for hydroxylation is 1. The van der Waals surface area contributed by atoms with Crippen LogP contribution in [0.4, 0.5) is 5.69 Å². The SMILES string of the molecule is Cc1cc(-c2cnco2)cc(-c2nn(-c3cc(N4CC[C@@H](O)C4)ccc3S(C)(=O)=O)c(=O)c3ncccc23)c1. The van der Waals surface area contributed by atoms with E-state index in [2.05, 4.69) is 9.97 Å². The lowest BCUT2D eigenvalue weighted by Gasteiger charge is -2.20. The van der Waals surface area contributed by atoms with E-state index < -0.39 is 21.5 Å². The zero-order valence-electron chi connectivity index (χ0n) is 21.3. The summed E-state index contributed by atoms with van der Waals surface area (Å²) < 4.78 is 32.3. The maximum Gasteiger partial charge on any atom is 0.298 e. The Hall–Kier alpha value is -4.35. The van der Waals surface area contributed by atoms with Crippen LogP contribution < -0.4 is 10.5 Å². The lowest BCUT2D eigenvalue weighted by molar-refractivity contribution is 0.198. The van der Waals surface area contributed by atoms with Gasteiger partial charge in [-0.15, -0.1) is 0 Å². The fraction of sp³-hybridized carbons (Fsp3) is 0.214. The highest BCUT2D eigenvalue weighted by atomic mass is 32.2. The molecule has 6 rings (SSSR count). The summed E-state index contributed by atoms with van der Waals surface area (Å²) in [6.07, 6.45) is 5.72. The number of oxazole rings is 1. The molecule has 0 unspecified atom stereocenters. The van der Waals surface area contributed by atoms with E-state index >= 15 is 0 Å². The summed E-state index contributed by atoms with van der Waals surface area (Å²) in [5.41, 5.74) is 3.31. The van der Waals surface area contributed by atoms with Gasteiger partial charge in [-0.2, -0.15) is 9.78 Å². The van der Waals surface area contributed by atoms with Crippen LogP contribution in [0.1, 0.15) is 12.0 Å². The highest BCUT2D eigenvalue weighted by Gasteiger charge is 2.25. The summed E-state index contributed by atoms with van der Waals surface area (Å²) in [6.45, 7) is 2.97. The third-order valence-corrected chi connectivity index (χ3v) is 7.97. The van der Waals surface area contributed by atoms with Gasteiger partial charge in [0, 0.05) is 47.7 Å². The Balaban J connectivity index is 1.63. The maximum absolute atomic E-state index is 13.8. The van der Waals surface area contributed by atoms with Gasteiger partial charge in [0.25, 0.3) is 5.56 Å². The van der Waals surface area contributed by atoms with Gasteiger partial charge in [0.2, 0.25) is 0 Å². The number of rotatable bonds is 5. The number of pyridine rings is 1. The van der Waals surface area contributed by atoms with Gasteiger partial charge in [0.1, 0.15) is 11.2 Å². The molecule has 0 radical (unpaired) electrons. The first kappa shape index (κ1) is 25.0. The van der Waals surface area contributed by atoms with E-state index in [9.17, 15) is 18.3 Å². The molecule has 10 nitrogen and oxygen atoms in total. The van der Waals surface area contributed by atoms with Crippen molar-refractivity contribution in [2.24, 2.45) is 0 Å². The van der Waals surface area contributed by atoms with E-state index in [0.29, 0.717) is 47.6 Å². The first-order valence-electron chi connectivity index (χ1n) is 12.4. The van der Waals surface area contributed by atoms with Crippen molar-refractivity contribution >= 4 is 26.4 Å². The molecule has 4 heterocycles. The Morgan fingerprint density at radius 2 is 1.92 bits per heavy atom. The molecule has 1 aliphatic heterocycles. The molecule has 1 atom stereocenters. The van der Waals surface area contributed by atoms with Crippen LogP contribution in [-0.4, -0.2) is 58.7 Å². The standard InChI is InChI=1S/C28H25N5O5S/c1-17-10-18(24-14-29-16-38-24)12-19(11-17)26-22-4-3-8-30-27(22)28(35)33(31-26)23-13-20(32-9-7-21(34)15-32)5-6-25(23)39(2,36)37/h3-6,8,10-14,16,21,34H,7,9,15H2,1-2H3/t21-/m1/s1. The molecule has 3 aromatic heterocycles. The normalized spacial score (nSPS) is 15.8. The minimum atomic E-state index is -3.73. The average Bonchev–Trinajstić information content (AvgIpc) is 3.60. The fourth-order valence-electron chi connectivity index (χ4n) is 5.02. The molecule has 0 aliphatic carbocycles. The Bertz CT molecular complexity index is 1880. The number of nitrogens with zero attached hydrogens (tertiary/aromatic N) is 5. The highest BCUT2D eigenvalue weighted by molar-refractivity contribution is 7.90. The van der Waals surface area contributed by atoms with Crippen LogP contribution in [0.3, 0.4) is 0 Å². The van der Waals surface area contributed by atoms with Crippen LogP contribution >= 0.6 is 0 Å². The number of anilines is 1. The molecule has 1 aliphatic rings. The van der Waals surface area contributed by atoms with Crippen LogP contribution in [-0.2, 0) is 9.84 Å². The van der Waals surface area contributed by atoms with Gasteiger partial charge in [0.15, 0.2) is 22.0 Å². The quantitative estimate of drug-likeness (QED) is 0.354. The zero-order valence-corrected chi connectivity index (χ0v) is 22.1. The molecule has 2 aromatic carbocycles. The van der Waals surface area contributed by atoms with E-state index in [1.807, 2.05) is 30.0 Å². The number of hydrogen-bond donors (Lipinski definition) is 1. The molecular formula is C28H25N5O5S. The molecule has 0 saturated carbocycles. The predicted octanol–water partition coefficient (Wildman–Crippen LogP) is 3.39. The third-order valence-electron chi connectivity index (χ3n) is 6.82. The van der Waals surface area contributed by atoms with E-state index in [0.717, 1.165) is 22.1 Å². The largest absolute Gasteiger partial charge is 0.444 e. The maximum atomic E-state index is 13.8. The molecule has 0 bridgehead atoms. The second-order valence-corrected chi connectivity index (χ2v) is 11.7. The molecule has 1 saturated heterocycles. The Kier molecular flexibility index (Phi) is 6.04. The third kappa shape index (κ3) is 4.59. The van der Waals surface area contributed by atoms with Gasteiger partial charge in [-0.3, -0.25) is 9.78 Å². The molecule has 1 fully saturated rings. The summed E-state index contributed by atoms with van der Waals surface area (Å²) in [5, 5.41) is 15.3. The molecule has 39 heavy (non-hydrogen) atoms. The van der Waals surface area contributed by atoms with Crippen LogP contribution in [0.15, 0.2) is 81.4 Å². The van der Waals surface area contributed by atoms with Crippen molar-refractivity contribution in [2.75, 3.05) is 24.2 Å². The van der Waals surface area contributed by atoms with Gasteiger partial charge in [0.05, 0.1) is 22.9 Å². The van der Waals surface area contributed by atoms with Crippen LogP contribution in [0.5, 0.6) is 0 Å². The number of fused-ring (bicyclic) bond motifs is 1.